The molecule has 0 saturated carbocycles. The zero-order valence-electron chi connectivity index (χ0n) is 16.6. The van der Waals surface area contributed by atoms with Gasteiger partial charge in [-0.25, -0.2) is 0 Å². The Hall–Kier alpha value is -2.35. The summed E-state index contributed by atoms with van der Waals surface area (Å²) < 4.78 is 12.8. The third-order valence-electron chi connectivity index (χ3n) is 4.43. The van der Waals surface area contributed by atoms with Crippen molar-refractivity contribution in [1.82, 2.24) is 9.78 Å². The van der Waals surface area contributed by atoms with Gasteiger partial charge in [-0.3, -0.25) is 9.48 Å². The number of hydrogen-bond donors (Lipinski definition) is 1. The van der Waals surface area contributed by atoms with Gasteiger partial charge in [-0.15, -0.1) is 0 Å². The van der Waals surface area contributed by atoms with Gasteiger partial charge in [-0.2, -0.15) is 5.10 Å². The molecule has 1 N–H and O–H groups in total. The smallest absolute Gasteiger partial charge is 0.292 e. The molecule has 0 fully saturated rings. The van der Waals surface area contributed by atoms with Crippen LogP contribution in [0.4, 0.5) is 5.82 Å². The Morgan fingerprint density at radius 3 is 2.52 bits per heavy atom. The molecule has 0 bridgehead atoms. The van der Waals surface area contributed by atoms with Crippen molar-refractivity contribution in [2.45, 2.75) is 13.2 Å². The molecule has 33 heavy (non-hydrogen) atoms. The molecule has 2 aromatic heterocycles. The summed E-state index contributed by atoms with van der Waals surface area (Å²) in [6, 6.07) is 13.3. The maximum atomic E-state index is 12.6. The van der Waals surface area contributed by atoms with E-state index in [1.165, 1.54) is 6.07 Å². The van der Waals surface area contributed by atoms with Gasteiger partial charge in [0.2, 0.25) is 0 Å². The molecule has 0 spiro atoms. The molecule has 2 heterocycles. The Balaban J connectivity index is 1.38. The van der Waals surface area contributed by atoms with Gasteiger partial charge >= 0.3 is 0 Å². The summed E-state index contributed by atoms with van der Waals surface area (Å²) in [4.78, 5) is 12.6. The van der Waals surface area contributed by atoms with Crippen LogP contribution in [0, 0.1) is 0 Å². The predicted molar refractivity (Wildman–Crippen MR) is 130 cm³/mol. The average molecular weight is 546 g/mol. The number of hydrogen-bond acceptors (Lipinski definition) is 4. The fourth-order valence-electron chi connectivity index (χ4n) is 2.88. The highest BCUT2D eigenvalue weighted by Crippen LogP contribution is 2.29. The Labute approximate surface area is 213 Å². The lowest BCUT2D eigenvalue weighted by atomic mass is 10.2. The van der Waals surface area contributed by atoms with E-state index in [2.05, 4.69) is 10.4 Å². The molecule has 2 aromatic carbocycles. The van der Waals surface area contributed by atoms with Gasteiger partial charge in [0.05, 0.1) is 21.6 Å². The molecule has 0 aliphatic rings. The number of nitrogens with zero attached hydrogens (tertiary/aromatic N) is 2. The Morgan fingerprint density at radius 1 is 0.939 bits per heavy atom. The van der Waals surface area contributed by atoms with Crippen molar-refractivity contribution in [3.8, 4) is 5.75 Å². The van der Waals surface area contributed by atoms with Gasteiger partial charge in [-0.05, 0) is 48.0 Å². The zero-order valence-corrected chi connectivity index (χ0v) is 20.4. The first-order chi connectivity index (χ1) is 15.8. The number of carbonyl (C=O) groups is 1. The van der Waals surface area contributed by atoms with E-state index in [1.54, 1.807) is 47.3 Å². The van der Waals surface area contributed by atoms with Gasteiger partial charge in [0, 0.05) is 11.2 Å². The van der Waals surface area contributed by atoms with Crippen molar-refractivity contribution in [2.24, 2.45) is 0 Å². The highest BCUT2D eigenvalue weighted by Gasteiger charge is 2.16. The topological polar surface area (TPSA) is 69.3 Å². The first-order valence-corrected chi connectivity index (χ1v) is 11.3. The Morgan fingerprint density at radius 2 is 1.76 bits per heavy atom. The first-order valence-electron chi connectivity index (χ1n) is 9.43. The number of furan rings is 1. The van der Waals surface area contributed by atoms with Crippen molar-refractivity contribution < 1.29 is 13.9 Å². The fraction of sp³-hybridized carbons (Fsp3) is 0.0909. The molecule has 4 rings (SSSR count). The van der Waals surface area contributed by atoms with E-state index in [0.717, 1.165) is 5.56 Å². The third kappa shape index (κ3) is 5.96. The van der Waals surface area contributed by atoms with Gasteiger partial charge < -0.3 is 14.5 Å². The van der Waals surface area contributed by atoms with Gasteiger partial charge in [0.15, 0.2) is 11.6 Å². The monoisotopic (exact) mass is 543 g/mol. The lowest BCUT2D eigenvalue weighted by molar-refractivity contribution is 0.0992. The molecule has 11 heteroatoms. The van der Waals surface area contributed by atoms with Crippen LogP contribution in [-0.4, -0.2) is 15.7 Å². The minimum absolute atomic E-state index is 0.0749. The van der Waals surface area contributed by atoms with E-state index in [4.69, 9.17) is 67.2 Å². The van der Waals surface area contributed by atoms with Crippen LogP contribution in [0.3, 0.4) is 0 Å². The minimum Gasteiger partial charge on any atom is -0.484 e. The van der Waals surface area contributed by atoms with Crippen molar-refractivity contribution in [3.05, 3.63) is 96.9 Å². The molecule has 0 aliphatic heterocycles. The average Bonchev–Trinajstić information content (AvgIpc) is 3.37. The van der Waals surface area contributed by atoms with E-state index < -0.39 is 5.91 Å². The standard InChI is InChI=1S/C22H14Cl5N3O3/c23-13-2-5-19(17(26)8-13)32-11-14-3-6-20(33-14)22(31)28-21-18(27)10-30(29-21)9-12-1-4-15(24)16(25)7-12/h1-8,10H,9,11H2,(H,28,29,31). The van der Waals surface area contributed by atoms with Crippen LogP contribution < -0.4 is 10.1 Å². The molecule has 0 atom stereocenters. The zero-order chi connectivity index (χ0) is 23.5. The van der Waals surface area contributed by atoms with Crippen LogP contribution in [0.2, 0.25) is 25.1 Å². The summed E-state index contributed by atoms with van der Waals surface area (Å²) in [5, 5.41) is 9.00. The van der Waals surface area contributed by atoms with Crippen molar-refractivity contribution in [3.63, 3.8) is 0 Å². The van der Waals surface area contributed by atoms with Crippen LogP contribution in [0.1, 0.15) is 21.9 Å². The summed E-state index contributed by atoms with van der Waals surface area (Å²) in [5.74, 6) is 0.646. The summed E-state index contributed by atoms with van der Waals surface area (Å²) in [6.45, 7) is 0.468. The van der Waals surface area contributed by atoms with E-state index in [-0.39, 0.29) is 23.2 Å². The molecule has 0 unspecified atom stereocenters. The van der Waals surface area contributed by atoms with E-state index >= 15 is 0 Å². The SMILES string of the molecule is O=C(Nc1nn(Cc2ccc(Cl)c(Cl)c2)cc1Cl)c1ccc(COc2ccc(Cl)cc2Cl)o1. The largest absolute Gasteiger partial charge is 0.484 e. The van der Waals surface area contributed by atoms with Crippen molar-refractivity contribution in [2.75, 3.05) is 5.32 Å². The number of halogens is 5. The van der Waals surface area contributed by atoms with Crippen LogP contribution >= 0.6 is 58.0 Å². The molecule has 170 valence electrons. The Bertz CT molecular complexity index is 1320. The summed E-state index contributed by atoms with van der Waals surface area (Å²) in [7, 11) is 0. The van der Waals surface area contributed by atoms with Crippen LogP contribution in [-0.2, 0) is 13.2 Å². The maximum absolute atomic E-state index is 12.6. The minimum atomic E-state index is -0.507. The van der Waals surface area contributed by atoms with Crippen molar-refractivity contribution in [1.29, 1.82) is 0 Å². The highest BCUT2D eigenvalue weighted by molar-refractivity contribution is 6.42. The quantitative estimate of drug-likeness (QED) is 0.259. The van der Waals surface area contributed by atoms with Gasteiger partial charge in [-0.1, -0.05) is 64.1 Å². The molecular formula is C22H14Cl5N3O3. The van der Waals surface area contributed by atoms with Crippen LogP contribution in [0.25, 0.3) is 0 Å². The number of nitrogens with one attached hydrogen (secondary N) is 1. The summed E-state index contributed by atoms with van der Waals surface area (Å²) in [5.41, 5.74) is 0.873. The molecular weight excluding hydrogens is 532 g/mol. The predicted octanol–water partition coefficient (Wildman–Crippen LogP) is 7.62. The second-order valence-electron chi connectivity index (χ2n) is 6.86. The molecule has 1 amide bonds. The van der Waals surface area contributed by atoms with E-state index in [1.807, 2.05) is 6.07 Å². The highest BCUT2D eigenvalue weighted by atomic mass is 35.5. The molecule has 6 nitrogen and oxygen atoms in total. The number of anilines is 1. The van der Waals surface area contributed by atoms with Crippen LogP contribution in [0.5, 0.6) is 5.75 Å². The second kappa shape index (κ2) is 10.3. The Kier molecular flexibility index (Phi) is 7.41. The molecule has 0 radical (unpaired) electrons. The number of amides is 1. The van der Waals surface area contributed by atoms with Gasteiger partial charge in [0.1, 0.15) is 23.1 Å². The summed E-state index contributed by atoms with van der Waals surface area (Å²) in [6.07, 6.45) is 1.59. The number of rotatable bonds is 7. The van der Waals surface area contributed by atoms with Gasteiger partial charge in [0.25, 0.3) is 5.91 Å². The van der Waals surface area contributed by atoms with Crippen LogP contribution in [0.15, 0.2) is 59.1 Å². The lowest BCUT2D eigenvalue weighted by Crippen LogP contribution is -2.12. The fourth-order valence-corrected chi connectivity index (χ4v) is 3.86. The summed E-state index contributed by atoms with van der Waals surface area (Å²) >= 11 is 30.2. The maximum Gasteiger partial charge on any atom is 0.292 e. The number of aromatic nitrogens is 2. The number of benzene rings is 2. The number of ether oxygens (including phenoxy) is 1. The van der Waals surface area contributed by atoms with E-state index in [0.29, 0.717) is 38.1 Å². The van der Waals surface area contributed by atoms with E-state index in [9.17, 15) is 4.79 Å². The third-order valence-corrected chi connectivity index (χ3v) is 5.97. The lowest BCUT2D eigenvalue weighted by Gasteiger charge is -2.06. The molecule has 0 saturated heterocycles. The first kappa shape index (κ1) is 23.8. The molecule has 0 aliphatic carbocycles. The van der Waals surface area contributed by atoms with Crippen molar-refractivity contribution >= 4 is 69.7 Å². The normalized spacial score (nSPS) is 10.9. The second-order valence-corrected chi connectivity index (χ2v) is 8.92. The molecule has 4 aromatic rings. The number of carbonyl (C=O) groups excluding carboxylic acids is 1.